The van der Waals surface area contributed by atoms with Gasteiger partial charge in [0.15, 0.2) is 20.8 Å². The van der Waals surface area contributed by atoms with Crippen LogP contribution in [0.25, 0.3) is 10.2 Å². The van der Waals surface area contributed by atoms with Gasteiger partial charge in [-0.3, -0.25) is 4.79 Å². The normalized spacial score (nSPS) is 11.6. The van der Waals surface area contributed by atoms with Gasteiger partial charge in [0.2, 0.25) is 5.91 Å². The van der Waals surface area contributed by atoms with Crippen LogP contribution in [-0.4, -0.2) is 25.1 Å². The summed E-state index contributed by atoms with van der Waals surface area (Å²) in [5.74, 6) is -2.13. The maximum Gasteiger partial charge on any atom is 0.226 e. The van der Waals surface area contributed by atoms with Crippen molar-refractivity contribution in [1.29, 1.82) is 0 Å². The van der Waals surface area contributed by atoms with Crippen LogP contribution in [0.1, 0.15) is 18.4 Å². The zero-order valence-electron chi connectivity index (χ0n) is 14.1. The van der Waals surface area contributed by atoms with Crippen LogP contribution < -0.4 is 5.32 Å². The molecule has 0 saturated carbocycles. The molecule has 1 N–H and O–H groups in total. The second kappa shape index (κ2) is 8.10. The van der Waals surface area contributed by atoms with E-state index in [4.69, 9.17) is 0 Å². The molecular formula is C18H16F2N2O3S2. The molecule has 2 aromatic carbocycles. The summed E-state index contributed by atoms with van der Waals surface area (Å²) in [6, 6.07) is 10.7. The highest BCUT2D eigenvalue weighted by Crippen LogP contribution is 2.28. The molecule has 142 valence electrons. The zero-order chi connectivity index (χ0) is 19.4. The van der Waals surface area contributed by atoms with Gasteiger partial charge in [-0.15, -0.1) is 0 Å². The van der Waals surface area contributed by atoms with Crippen molar-refractivity contribution >= 4 is 42.4 Å². The minimum absolute atomic E-state index is 0.0119. The maximum absolute atomic E-state index is 13.6. The average Bonchev–Trinajstić information content (AvgIpc) is 2.97. The van der Waals surface area contributed by atoms with Gasteiger partial charge >= 0.3 is 0 Å². The van der Waals surface area contributed by atoms with Crippen molar-refractivity contribution in [1.82, 2.24) is 4.98 Å². The predicted molar refractivity (Wildman–Crippen MR) is 101 cm³/mol. The van der Waals surface area contributed by atoms with E-state index < -0.39 is 27.4 Å². The summed E-state index contributed by atoms with van der Waals surface area (Å²) in [6.45, 7) is 0. The standard InChI is InChI=1S/C18H16F2N2O3S2/c19-13-9-14(20)17-15(10-13)26-18(22-17)21-16(23)7-4-8-27(24,25)11-12-5-2-1-3-6-12/h1-3,5-6,9-10H,4,7-8,11H2,(H,21,22,23). The molecule has 0 aliphatic heterocycles. The lowest BCUT2D eigenvalue weighted by molar-refractivity contribution is -0.116. The Morgan fingerprint density at radius 2 is 1.89 bits per heavy atom. The summed E-state index contributed by atoms with van der Waals surface area (Å²) in [5, 5.41) is 2.64. The van der Waals surface area contributed by atoms with Crippen molar-refractivity contribution in [3.8, 4) is 0 Å². The smallest absolute Gasteiger partial charge is 0.226 e. The molecule has 0 saturated heterocycles. The van der Waals surface area contributed by atoms with Crippen molar-refractivity contribution in [2.24, 2.45) is 0 Å². The summed E-state index contributed by atoms with van der Waals surface area (Å²) in [4.78, 5) is 15.9. The van der Waals surface area contributed by atoms with Crippen LogP contribution in [0.2, 0.25) is 0 Å². The Bertz CT molecular complexity index is 1070. The van der Waals surface area contributed by atoms with Gasteiger partial charge in [-0.05, 0) is 18.1 Å². The number of nitrogens with zero attached hydrogens (tertiary/aromatic N) is 1. The molecule has 1 aromatic heterocycles. The molecule has 3 aromatic rings. The molecule has 27 heavy (non-hydrogen) atoms. The number of rotatable bonds is 7. The maximum atomic E-state index is 13.6. The minimum atomic E-state index is -3.32. The fourth-order valence-electron chi connectivity index (χ4n) is 2.55. The minimum Gasteiger partial charge on any atom is -0.302 e. The fourth-order valence-corrected chi connectivity index (χ4v) is 4.90. The summed E-state index contributed by atoms with van der Waals surface area (Å²) in [5.41, 5.74) is 0.688. The van der Waals surface area contributed by atoms with Crippen molar-refractivity contribution in [3.63, 3.8) is 0 Å². The van der Waals surface area contributed by atoms with Gasteiger partial charge in [0.1, 0.15) is 11.3 Å². The molecule has 0 aliphatic carbocycles. The zero-order valence-corrected chi connectivity index (χ0v) is 15.7. The third-order valence-electron chi connectivity index (χ3n) is 3.75. The molecule has 1 heterocycles. The van der Waals surface area contributed by atoms with E-state index in [0.717, 1.165) is 23.5 Å². The number of anilines is 1. The highest BCUT2D eigenvalue weighted by molar-refractivity contribution is 7.90. The van der Waals surface area contributed by atoms with Crippen molar-refractivity contribution in [2.45, 2.75) is 18.6 Å². The number of thiazole rings is 1. The monoisotopic (exact) mass is 410 g/mol. The van der Waals surface area contributed by atoms with Gasteiger partial charge in [0, 0.05) is 12.5 Å². The molecule has 0 atom stereocenters. The van der Waals surface area contributed by atoms with E-state index in [1.165, 1.54) is 0 Å². The summed E-state index contributed by atoms with van der Waals surface area (Å²) in [6.07, 6.45) is 0.148. The quantitative estimate of drug-likeness (QED) is 0.641. The number of carbonyl (C=O) groups excluding carboxylic acids is 1. The van der Waals surface area contributed by atoms with Crippen molar-refractivity contribution in [2.75, 3.05) is 11.1 Å². The van der Waals surface area contributed by atoms with Gasteiger partial charge in [-0.25, -0.2) is 22.2 Å². The first-order valence-electron chi connectivity index (χ1n) is 8.12. The Morgan fingerprint density at radius 3 is 2.63 bits per heavy atom. The Morgan fingerprint density at radius 1 is 1.15 bits per heavy atom. The number of fused-ring (bicyclic) bond motifs is 1. The van der Waals surface area contributed by atoms with Gasteiger partial charge in [0.05, 0.1) is 16.2 Å². The van der Waals surface area contributed by atoms with E-state index in [-0.39, 0.29) is 39.7 Å². The summed E-state index contributed by atoms with van der Waals surface area (Å²) in [7, 11) is -3.32. The number of hydrogen-bond donors (Lipinski definition) is 1. The molecule has 9 heteroatoms. The first-order valence-corrected chi connectivity index (χ1v) is 10.8. The van der Waals surface area contributed by atoms with Crippen LogP contribution in [0.5, 0.6) is 0 Å². The lowest BCUT2D eigenvalue weighted by Crippen LogP contribution is -2.15. The number of aromatic nitrogens is 1. The van der Waals surface area contributed by atoms with E-state index in [1.807, 2.05) is 6.07 Å². The van der Waals surface area contributed by atoms with Crippen LogP contribution in [0.15, 0.2) is 42.5 Å². The lowest BCUT2D eigenvalue weighted by atomic mass is 10.2. The number of carbonyl (C=O) groups is 1. The summed E-state index contributed by atoms with van der Waals surface area (Å²) >= 11 is 0.953. The highest BCUT2D eigenvalue weighted by Gasteiger charge is 2.15. The van der Waals surface area contributed by atoms with E-state index in [2.05, 4.69) is 10.3 Å². The molecule has 0 aliphatic rings. The molecule has 0 radical (unpaired) electrons. The largest absolute Gasteiger partial charge is 0.302 e. The first-order chi connectivity index (χ1) is 12.8. The number of nitrogens with one attached hydrogen (secondary N) is 1. The SMILES string of the molecule is O=C(CCCS(=O)(=O)Cc1ccccc1)Nc1nc2c(F)cc(F)cc2s1. The Hall–Kier alpha value is -2.39. The van der Waals surface area contributed by atoms with Crippen LogP contribution in [0.4, 0.5) is 13.9 Å². The van der Waals surface area contributed by atoms with Crippen molar-refractivity contribution in [3.05, 3.63) is 59.7 Å². The van der Waals surface area contributed by atoms with E-state index in [1.54, 1.807) is 24.3 Å². The average molecular weight is 410 g/mol. The number of benzene rings is 2. The van der Waals surface area contributed by atoms with E-state index >= 15 is 0 Å². The van der Waals surface area contributed by atoms with Gasteiger partial charge in [-0.2, -0.15) is 0 Å². The third kappa shape index (κ3) is 5.30. The van der Waals surface area contributed by atoms with E-state index in [0.29, 0.717) is 5.56 Å². The topological polar surface area (TPSA) is 76.1 Å². The summed E-state index contributed by atoms with van der Waals surface area (Å²) < 4.78 is 51.3. The molecule has 0 spiro atoms. The van der Waals surface area contributed by atoms with Crippen LogP contribution in [0, 0.1) is 11.6 Å². The highest BCUT2D eigenvalue weighted by atomic mass is 32.2. The number of sulfone groups is 1. The lowest BCUT2D eigenvalue weighted by Gasteiger charge is -2.05. The molecule has 0 bridgehead atoms. The van der Waals surface area contributed by atoms with Crippen LogP contribution in [0.3, 0.4) is 0 Å². The molecule has 0 fully saturated rings. The fraction of sp³-hybridized carbons (Fsp3) is 0.222. The van der Waals surface area contributed by atoms with Gasteiger partial charge in [-0.1, -0.05) is 41.7 Å². The first kappa shape index (κ1) is 19.4. The molecule has 3 rings (SSSR count). The number of hydrogen-bond acceptors (Lipinski definition) is 5. The number of amides is 1. The van der Waals surface area contributed by atoms with Crippen LogP contribution >= 0.6 is 11.3 Å². The van der Waals surface area contributed by atoms with Gasteiger partial charge < -0.3 is 5.32 Å². The molecule has 0 unspecified atom stereocenters. The molecule has 5 nitrogen and oxygen atoms in total. The van der Waals surface area contributed by atoms with Crippen LogP contribution in [-0.2, 0) is 20.4 Å². The molecule has 1 amide bonds. The Balaban J connectivity index is 1.53. The van der Waals surface area contributed by atoms with Crippen molar-refractivity contribution < 1.29 is 22.0 Å². The second-order valence-corrected chi connectivity index (χ2v) is 9.20. The third-order valence-corrected chi connectivity index (χ3v) is 6.35. The Labute approximate surface area is 159 Å². The van der Waals surface area contributed by atoms with Gasteiger partial charge in [0.25, 0.3) is 0 Å². The predicted octanol–water partition coefficient (Wildman–Crippen LogP) is 3.91. The molecular weight excluding hydrogens is 394 g/mol. The second-order valence-electron chi connectivity index (χ2n) is 5.98. The Kier molecular flexibility index (Phi) is 5.81. The van der Waals surface area contributed by atoms with E-state index in [9.17, 15) is 22.0 Å². The number of halogens is 2.